The lowest BCUT2D eigenvalue weighted by molar-refractivity contribution is 0.337. The number of hydrogen-bond acceptors (Lipinski definition) is 5. The minimum atomic E-state index is -0.134. The summed E-state index contributed by atoms with van der Waals surface area (Å²) in [6.45, 7) is 1.66. The molecule has 296 valence electrons. The van der Waals surface area contributed by atoms with E-state index in [0.29, 0.717) is 11.2 Å². The normalized spacial score (nSPS) is 25.3. The van der Waals surface area contributed by atoms with Gasteiger partial charge in [0.15, 0.2) is 0 Å². The molecule has 0 N–H and O–H groups in total. The van der Waals surface area contributed by atoms with Gasteiger partial charge in [0, 0.05) is 63.1 Å². The Morgan fingerprint density at radius 3 is 2.47 bits per heavy atom. The van der Waals surface area contributed by atoms with Crippen LogP contribution in [0, 0.1) is 11.3 Å². The van der Waals surface area contributed by atoms with Crippen molar-refractivity contribution >= 4 is 34.5 Å². The van der Waals surface area contributed by atoms with Crippen LogP contribution in [0.1, 0.15) is 66.8 Å². The molecule has 0 radical (unpaired) electrons. The van der Waals surface area contributed by atoms with Crippen LogP contribution in [0.15, 0.2) is 192 Å². The minimum absolute atomic E-state index is 0.120. The first-order valence-corrected chi connectivity index (χ1v) is 22.8. The van der Waals surface area contributed by atoms with Crippen LogP contribution in [0.5, 0.6) is 0 Å². The molecule has 60 heavy (non-hydrogen) atoms. The summed E-state index contributed by atoms with van der Waals surface area (Å²) in [6, 6.07) is 29.1. The highest BCUT2D eigenvalue weighted by molar-refractivity contribution is 8.00. The Morgan fingerprint density at radius 2 is 1.55 bits per heavy atom. The van der Waals surface area contributed by atoms with E-state index in [4.69, 9.17) is 9.97 Å². The van der Waals surface area contributed by atoms with Crippen LogP contribution in [0.2, 0.25) is 0 Å². The van der Waals surface area contributed by atoms with Gasteiger partial charge in [-0.05, 0) is 109 Å². The number of allylic oxidation sites excluding steroid dienone is 16. The first kappa shape index (κ1) is 37.1. The molecule has 3 atom stereocenters. The van der Waals surface area contributed by atoms with Gasteiger partial charge in [-0.15, -0.1) is 11.8 Å². The summed E-state index contributed by atoms with van der Waals surface area (Å²) >= 11 is 2.02. The lowest BCUT2D eigenvalue weighted by atomic mass is 9.63. The van der Waals surface area contributed by atoms with Gasteiger partial charge in [-0.25, -0.2) is 9.97 Å². The van der Waals surface area contributed by atoms with E-state index in [-0.39, 0.29) is 11.3 Å². The van der Waals surface area contributed by atoms with Gasteiger partial charge >= 0.3 is 0 Å². The first-order chi connectivity index (χ1) is 29.7. The Hall–Kier alpha value is -5.91. The van der Waals surface area contributed by atoms with Gasteiger partial charge in [-0.1, -0.05) is 140 Å². The van der Waals surface area contributed by atoms with Gasteiger partial charge in [0.25, 0.3) is 0 Å². The number of thioether (sulfide) groups is 1. The molecule has 3 aliphatic heterocycles. The maximum absolute atomic E-state index is 5.43. The monoisotopic (exact) mass is 798 g/mol. The molecule has 1 fully saturated rings. The maximum atomic E-state index is 5.43. The van der Waals surface area contributed by atoms with Crippen molar-refractivity contribution in [1.29, 1.82) is 0 Å². The molecule has 1 spiro atoms. The summed E-state index contributed by atoms with van der Waals surface area (Å²) in [6.07, 6.45) is 44.5. The van der Waals surface area contributed by atoms with Crippen molar-refractivity contribution < 1.29 is 0 Å². The Kier molecular flexibility index (Phi) is 9.86. The highest BCUT2D eigenvalue weighted by Crippen LogP contribution is 2.58. The molecule has 4 aliphatic carbocycles. The summed E-state index contributed by atoms with van der Waals surface area (Å²) in [7, 11) is 0. The molecule has 5 heteroatoms. The lowest BCUT2D eigenvalue weighted by Crippen LogP contribution is -2.33. The van der Waals surface area contributed by atoms with E-state index in [2.05, 4.69) is 186 Å². The van der Waals surface area contributed by atoms with Gasteiger partial charge in [-0.3, -0.25) is 0 Å². The Balaban J connectivity index is 0.983. The van der Waals surface area contributed by atoms with Gasteiger partial charge in [-0.2, -0.15) is 0 Å². The van der Waals surface area contributed by atoms with E-state index in [1.165, 1.54) is 49.8 Å². The SMILES string of the molecule is C1=CCC2C(=C1)N(c1nc(-c3ccccc3)cc(C3C=CCCC=C3)n1)CC21CC=CC=C1c1ccc2c(c1)CC/C=C\C=C/CN2C1=CCC2Sc3ccccc3C2=C1. The quantitative estimate of drug-likeness (QED) is 0.188. The highest BCUT2D eigenvalue weighted by Gasteiger charge is 2.52. The van der Waals surface area contributed by atoms with E-state index >= 15 is 0 Å². The van der Waals surface area contributed by atoms with E-state index in [0.717, 1.165) is 80.9 Å². The zero-order chi connectivity index (χ0) is 39.9. The highest BCUT2D eigenvalue weighted by atomic mass is 32.2. The van der Waals surface area contributed by atoms with Gasteiger partial charge in [0.1, 0.15) is 0 Å². The van der Waals surface area contributed by atoms with Crippen LogP contribution in [0.3, 0.4) is 0 Å². The molecule has 4 aromatic rings. The number of benzene rings is 3. The number of aryl methyl sites for hydroxylation is 1. The smallest absolute Gasteiger partial charge is 0.230 e. The molecular weight excluding hydrogens is 749 g/mol. The average Bonchev–Trinajstić information content (AvgIpc) is 3.69. The first-order valence-electron chi connectivity index (χ1n) is 21.9. The van der Waals surface area contributed by atoms with Gasteiger partial charge < -0.3 is 9.80 Å². The molecule has 3 unspecified atom stereocenters. The van der Waals surface area contributed by atoms with Crippen LogP contribution in [-0.2, 0) is 6.42 Å². The molecule has 0 bridgehead atoms. The number of fused-ring (bicyclic) bond motifs is 6. The Morgan fingerprint density at radius 1 is 0.700 bits per heavy atom. The third kappa shape index (κ3) is 6.73. The second-order valence-corrected chi connectivity index (χ2v) is 18.2. The molecule has 1 saturated heterocycles. The second-order valence-electron chi connectivity index (χ2n) is 17.0. The largest absolute Gasteiger partial charge is 0.338 e. The van der Waals surface area contributed by atoms with E-state index in [1.54, 1.807) is 0 Å². The molecule has 1 aromatic heterocycles. The minimum Gasteiger partial charge on any atom is -0.338 e. The Labute approximate surface area is 359 Å². The standard InChI is InChI=1S/C55H50N4S/c1-2-9-23-42-35-41(29-31-50(42)58(34-18-5-1)43-30-32-53-45(36-43)44-24-12-15-28-52(44)60-53)46-25-16-17-33-55(46)38-59(51-27-14-13-26-47(51)55)54-56-48(39-19-7-3-4-8-20-39)37-49(57-54)40-21-10-6-11-22-40/h1-2,5-8,10-22,24-25,27-31,35-37,39,47,53H,3-4,9,23,26,32-34,38H2/b2-1-,18-5-. The van der Waals surface area contributed by atoms with Crippen LogP contribution in [0.25, 0.3) is 22.4 Å². The molecule has 3 aromatic carbocycles. The Bertz CT molecular complexity index is 2640. The van der Waals surface area contributed by atoms with Crippen LogP contribution >= 0.6 is 11.8 Å². The number of anilines is 2. The summed E-state index contributed by atoms with van der Waals surface area (Å²) < 4.78 is 0. The number of nitrogens with zero attached hydrogens (tertiary/aromatic N) is 4. The third-order valence-electron chi connectivity index (χ3n) is 13.4. The van der Waals surface area contributed by atoms with Crippen molar-refractivity contribution in [3.63, 3.8) is 0 Å². The number of aromatic nitrogens is 2. The lowest BCUT2D eigenvalue weighted by Gasteiger charge is -2.39. The third-order valence-corrected chi connectivity index (χ3v) is 14.8. The average molecular weight is 799 g/mol. The van der Waals surface area contributed by atoms with Crippen LogP contribution in [0.4, 0.5) is 11.6 Å². The van der Waals surface area contributed by atoms with Crippen molar-refractivity contribution in [2.75, 3.05) is 22.9 Å². The van der Waals surface area contributed by atoms with E-state index in [9.17, 15) is 0 Å². The molecular formula is C55H50N4S. The van der Waals surface area contributed by atoms with E-state index < -0.39 is 0 Å². The zero-order valence-corrected chi connectivity index (χ0v) is 34.9. The fraction of sp³-hybridized carbons (Fsp3) is 0.236. The van der Waals surface area contributed by atoms with E-state index in [1.807, 2.05) is 11.8 Å². The van der Waals surface area contributed by atoms with Crippen molar-refractivity contribution in [2.24, 2.45) is 11.3 Å². The van der Waals surface area contributed by atoms with Crippen LogP contribution < -0.4 is 9.80 Å². The maximum Gasteiger partial charge on any atom is 0.230 e. The summed E-state index contributed by atoms with van der Waals surface area (Å²) in [5.74, 6) is 1.23. The van der Waals surface area contributed by atoms with Crippen molar-refractivity contribution in [3.8, 4) is 11.3 Å². The summed E-state index contributed by atoms with van der Waals surface area (Å²) in [4.78, 5) is 17.3. The van der Waals surface area contributed by atoms with Gasteiger partial charge in [0.05, 0.1) is 11.4 Å². The molecule has 4 nitrogen and oxygen atoms in total. The summed E-state index contributed by atoms with van der Waals surface area (Å²) in [5, 5.41) is 0.498. The van der Waals surface area contributed by atoms with Gasteiger partial charge in [0.2, 0.25) is 5.95 Å². The topological polar surface area (TPSA) is 32.3 Å². The van der Waals surface area contributed by atoms with Crippen molar-refractivity contribution in [2.45, 2.75) is 61.0 Å². The van der Waals surface area contributed by atoms with Crippen molar-refractivity contribution in [1.82, 2.24) is 9.97 Å². The number of hydrogen-bond donors (Lipinski definition) is 0. The molecule has 11 rings (SSSR count). The second kappa shape index (κ2) is 15.9. The predicted octanol–water partition coefficient (Wildman–Crippen LogP) is 13.2. The number of rotatable bonds is 5. The fourth-order valence-corrected chi connectivity index (χ4v) is 11.8. The summed E-state index contributed by atoms with van der Waals surface area (Å²) in [5.41, 5.74) is 14.0. The molecule has 4 heterocycles. The predicted molar refractivity (Wildman–Crippen MR) is 252 cm³/mol. The fourth-order valence-electron chi connectivity index (χ4n) is 10.5. The molecule has 7 aliphatic rings. The van der Waals surface area contributed by atoms with Crippen LogP contribution in [-0.4, -0.2) is 28.3 Å². The molecule has 0 saturated carbocycles. The molecule has 0 amide bonds. The zero-order valence-electron chi connectivity index (χ0n) is 34.0. The van der Waals surface area contributed by atoms with Crippen molar-refractivity contribution in [3.05, 3.63) is 210 Å².